The largest absolute Gasteiger partial charge is 0.481 e. The van der Waals surface area contributed by atoms with Crippen molar-refractivity contribution in [3.63, 3.8) is 0 Å². The minimum Gasteiger partial charge on any atom is -0.481 e. The fraction of sp³-hybridized carbons (Fsp3) is 0.357. The molecule has 200 valence electrons. The van der Waals surface area contributed by atoms with Gasteiger partial charge in [-0.05, 0) is 36.1 Å². The van der Waals surface area contributed by atoms with Crippen LogP contribution in [0.25, 0.3) is 22.4 Å². The summed E-state index contributed by atoms with van der Waals surface area (Å²) in [5.41, 5.74) is 4.42. The number of hydrogen-bond acceptors (Lipinski definition) is 8. The van der Waals surface area contributed by atoms with Gasteiger partial charge in [-0.25, -0.2) is 9.67 Å². The van der Waals surface area contributed by atoms with Gasteiger partial charge in [0.25, 0.3) is 5.91 Å². The molecule has 11 nitrogen and oxygen atoms in total. The molecule has 2 aliphatic rings. The zero-order valence-corrected chi connectivity index (χ0v) is 21.7. The van der Waals surface area contributed by atoms with Crippen LogP contribution in [0.4, 0.5) is 23.1 Å². The van der Waals surface area contributed by atoms with Crippen molar-refractivity contribution in [3.8, 4) is 11.4 Å². The summed E-state index contributed by atoms with van der Waals surface area (Å²) in [6.07, 6.45) is 8.98. The molecule has 4 aromatic rings. The number of benzene rings is 1. The molecule has 0 saturated heterocycles. The summed E-state index contributed by atoms with van der Waals surface area (Å²) < 4.78 is 1.68. The molecule has 0 atom stereocenters. The first-order chi connectivity index (χ1) is 18.9. The molecule has 4 heterocycles. The Labute approximate surface area is 225 Å². The van der Waals surface area contributed by atoms with E-state index in [-0.39, 0.29) is 12.3 Å². The molecular weight excluding hydrogens is 496 g/mol. The van der Waals surface area contributed by atoms with Gasteiger partial charge in [-0.2, -0.15) is 10.1 Å². The van der Waals surface area contributed by atoms with Gasteiger partial charge in [-0.15, -0.1) is 0 Å². The molecule has 0 unspecified atom stereocenters. The number of aliphatic carboxylic acids is 1. The summed E-state index contributed by atoms with van der Waals surface area (Å²) in [4.78, 5) is 37.9. The first kappa shape index (κ1) is 24.8. The highest BCUT2D eigenvalue weighted by molar-refractivity contribution is 6.07. The fourth-order valence-electron chi connectivity index (χ4n) is 5.44. The van der Waals surface area contributed by atoms with Crippen LogP contribution in [0.5, 0.6) is 0 Å². The number of nitrogens with one attached hydrogen (secondary N) is 3. The Morgan fingerprint density at radius 1 is 1.10 bits per heavy atom. The highest BCUT2D eigenvalue weighted by Crippen LogP contribution is 2.41. The molecule has 1 saturated carbocycles. The summed E-state index contributed by atoms with van der Waals surface area (Å²) >= 11 is 0. The van der Waals surface area contributed by atoms with Gasteiger partial charge in [-0.1, -0.05) is 44.2 Å². The maximum Gasteiger partial charge on any atom is 0.307 e. The highest BCUT2D eigenvalue weighted by Gasteiger charge is 2.27. The number of pyridine rings is 1. The summed E-state index contributed by atoms with van der Waals surface area (Å²) in [5, 5.41) is 23.9. The number of carboxylic acid groups (broad SMARTS) is 1. The SMILES string of the molecule is Cn1nc2c3c(nc(Nc4ccc(CC(=O)O)cc4)nc31)-c1ncc(C(=O)NCCC3CCCCC3)cc1N2. The summed E-state index contributed by atoms with van der Waals surface area (Å²) in [6.45, 7) is 0.664. The number of carbonyl (C=O) groups is 2. The van der Waals surface area contributed by atoms with Crippen molar-refractivity contribution in [2.75, 3.05) is 17.2 Å². The molecule has 1 amide bonds. The van der Waals surface area contributed by atoms with Crippen molar-refractivity contribution < 1.29 is 14.7 Å². The molecule has 1 aliphatic carbocycles. The lowest BCUT2D eigenvalue weighted by Crippen LogP contribution is -2.26. The van der Waals surface area contributed by atoms with E-state index in [4.69, 9.17) is 10.1 Å². The average molecular weight is 527 g/mol. The molecule has 0 spiro atoms. The van der Waals surface area contributed by atoms with E-state index >= 15 is 0 Å². The minimum atomic E-state index is -0.879. The second kappa shape index (κ2) is 10.3. The molecule has 1 aromatic carbocycles. The molecule has 1 fully saturated rings. The van der Waals surface area contributed by atoms with E-state index in [0.717, 1.165) is 17.5 Å². The summed E-state index contributed by atoms with van der Waals surface area (Å²) in [6, 6.07) is 8.88. The lowest BCUT2D eigenvalue weighted by molar-refractivity contribution is -0.136. The zero-order chi connectivity index (χ0) is 26.9. The van der Waals surface area contributed by atoms with E-state index in [9.17, 15) is 9.59 Å². The number of aryl methyl sites for hydroxylation is 1. The van der Waals surface area contributed by atoms with Crippen LogP contribution >= 0.6 is 0 Å². The van der Waals surface area contributed by atoms with Gasteiger partial charge in [0.1, 0.15) is 11.4 Å². The predicted octanol–water partition coefficient (Wildman–Crippen LogP) is 4.55. The lowest BCUT2D eigenvalue weighted by atomic mass is 9.87. The number of amides is 1. The Hall–Kier alpha value is -4.54. The number of anilines is 4. The Bertz CT molecular complexity index is 1560. The normalized spacial score (nSPS) is 14.5. The molecule has 0 radical (unpaired) electrons. The number of carbonyl (C=O) groups excluding carboxylic acids is 1. The Kier molecular flexibility index (Phi) is 6.55. The Morgan fingerprint density at radius 2 is 1.90 bits per heavy atom. The van der Waals surface area contributed by atoms with Gasteiger partial charge in [0.2, 0.25) is 5.95 Å². The van der Waals surface area contributed by atoms with Gasteiger partial charge in [0.15, 0.2) is 11.5 Å². The number of nitrogens with zero attached hydrogens (tertiary/aromatic N) is 5. The molecule has 1 aliphatic heterocycles. The monoisotopic (exact) mass is 526 g/mol. The van der Waals surface area contributed by atoms with E-state index in [2.05, 4.69) is 31.0 Å². The zero-order valence-electron chi connectivity index (χ0n) is 21.7. The van der Waals surface area contributed by atoms with Gasteiger partial charge < -0.3 is 21.1 Å². The van der Waals surface area contributed by atoms with Crippen LogP contribution < -0.4 is 16.0 Å². The Morgan fingerprint density at radius 3 is 2.67 bits per heavy atom. The van der Waals surface area contributed by atoms with Gasteiger partial charge >= 0.3 is 5.97 Å². The van der Waals surface area contributed by atoms with Crippen molar-refractivity contribution in [1.82, 2.24) is 30.0 Å². The summed E-state index contributed by atoms with van der Waals surface area (Å²) in [5.74, 6) is 0.649. The van der Waals surface area contributed by atoms with E-state index < -0.39 is 5.97 Å². The molecule has 39 heavy (non-hydrogen) atoms. The van der Waals surface area contributed by atoms with Crippen molar-refractivity contribution in [1.29, 1.82) is 0 Å². The molecule has 6 rings (SSSR count). The topological polar surface area (TPSA) is 147 Å². The van der Waals surface area contributed by atoms with Crippen LogP contribution in [0, 0.1) is 5.92 Å². The minimum absolute atomic E-state index is 0.0410. The third kappa shape index (κ3) is 5.12. The second-order valence-electron chi connectivity index (χ2n) is 10.3. The Balaban J connectivity index is 1.24. The predicted molar refractivity (Wildman–Crippen MR) is 147 cm³/mol. The van der Waals surface area contributed by atoms with E-state index in [0.29, 0.717) is 58.1 Å². The number of aromatic nitrogens is 5. The number of rotatable bonds is 8. The maximum atomic E-state index is 12.9. The third-order valence-electron chi connectivity index (χ3n) is 7.44. The highest BCUT2D eigenvalue weighted by atomic mass is 16.4. The van der Waals surface area contributed by atoms with E-state index in [1.165, 1.54) is 32.1 Å². The van der Waals surface area contributed by atoms with Crippen molar-refractivity contribution in [2.45, 2.75) is 44.9 Å². The first-order valence-corrected chi connectivity index (χ1v) is 13.3. The maximum absolute atomic E-state index is 12.9. The fourth-order valence-corrected chi connectivity index (χ4v) is 5.44. The number of carboxylic acids is 1. The van der Waals surface area contributed by atoms with Crippen LogP contribution in [-0.4, -0.2) is 48.3 Å². The molecule has 4 N–H and O–H groups in total. The standard InChI is InChI=1S/C28H30N8O3/c1-36-26-22-24(33-28(34-26)31-19-9-7-17(8-10-19)13-21(37)38)23-20(32-25(22)35-36)14-18(15-30-23)27(39)29-12-11-16-5-3-2-4-6-16/h7-10,14-16H,2-6,11-13H2,1H3,(H,29,39)(H,32,35)(H,37,38)(H,31,33,34). The molecular formula is C28H30N8O3. The van der Waals surface area contributed by atoms with Gasteiger partial charge in [-0.3, -0.25) is 14.6 Å². The second-order valence-corrected chi connectivity index (χ2v) is 10.3. The van der Waals surface area contributed by atoms with Crippen molar-refractivity contribution >= 4 is 46.1 Å². The molecule has 11 heteroatoms. The van der Waals surface area contributed by atoms with E-state index in [1.54, 1.807) is 41.2 Å². The number of hydrogen-bond donors (Lipinski definition) is 4. The number of fused-ring (bicyclic) bond motifs is 2. The van der Waals surface area contributed by atoms with Crippen molar-refractivity contribution in [3.05, 3.63) is 47.7 Å². The van der Waals surface area contributed by atoms with Crippen molar-refractivity contribution in [2.24, 2.45) is 13.0 Å². The average Bonchev–Trinajstić information content (AvgIpc) is 3.25. The molecule has 0 bridgehead atoms. The van der Waals surface area contributed by atoms with Crippen LogP contribution in [0.3, 0.4) is 0 Å². The van der Waals surface area contributed by atoms with Crippen LogP contribution in [0.1, 0.15) is 54.4 Å². The van der Waals surface area contributed by atoms with E-state index in [1.807, 2.05) is 7.05 Å². The lowest BCUT2D eigenvalue weighted by Gasteiger charge is -2.21. The van der Waals surface area contributed by atoms with Crippen LogP contribution in [0.15, 0.2) is 36.5 Å². The quantitative estimate of drug-likeness (QED) is 0.228. The van der Waals surface area contributed by atoms with Gasteiger partial charge in [0.05, 0.1) is 23.1 Å². The molecule has 3 aromatic heterocycles. The van der Waals surface area contributed by atoms with Crippen LogP contribution in [-0.2, 0) is 18.3 Å². The van der Waals surface area contributed by atoms with Crippen LogP contribution in [0.2, 0.25) is 0 Å². The third-order valence-corrected chi connectivity index (χ3v) is 7.44. The first-order valence-electron chi connectivity index (χ1n) is 13.3. The summed E-state index contributed by atoms with van der Waals surface area (Å²) in [7, 11) is 1.81. The van der Waals surface area contributed by atoms with Gasteiger partial charge in [0, 0.05) is 25.5 Å². The smallest absolute Gasteiger partial charge is 0.307 e.